The fourth-order valence-corrected chi connectivity index (χ4v) is 8.07. The van der Waals surface area contributed by atoms with Gasteiger partial charge in [0.05, 0.1) is 36.7 Å². The number of nitrogens with one attached hydrogen (secondary N) is 1. The molecule has 0 unspecified atom stereocenters. The number of likely N-dealkylation sites (N-methyl/N-ethyl adjacent to an activating group) is 1. The number of aliphatic hydroxyl groups is 1. The van der Waals surface area contributed by atoms with Crippen molar-refractivity contribution in [2.24, 2.45) is 13.0 Å². The van der Waals surface area contributed by atoms with Crippen LogP contribution in [0.3, 0.4) is 0 Å². The Morgan fingerprint density at radius 3 is 2.52 bits per heavy atom. The molecular formula is C31H46N6O9S2. The Balaban J connectivity index is 1.69. The molecule has 3 aromatic rings. The minimum absolute atomic E-state index is 0.000653. The molecular weight excluding hydrogens is 665 g/mol. The van der Waals surface area contributed by atoms with Crippen LogP contribution in [0.4, 0.5) is 5.69 Å². The summed E-state index contributed by atoms with van der Waals surface area (Å²) in [5.41, 5.74) is 0.406. The van der Waals surface area contributed by atoms with Gasteiger partial charge in [-0.15, -0.1) is 0 Å². The van der Waals surface area contributed by atoms with Gasteiger partial charge >= 0.3 is 0 Å². The van der Waals surface area contributed by atoms with Crippen LogP contribution >= 0.6 is 0 Å². The monoisotopic (exact) mass is 710 g/mol. The summed E-state index contributed by atoms with van der Waals surface area (Å²) in [6.07, 6.45) is 4.02. The van der Waals surface area contributed by atoms with Gasteiger partial charge in [-0.05, 0) is 65.2 Å². The molecule has 3 heterocycles. The smallest absolute Gasteiger partial charge is 0.267 e. The Morgan fingerprint density at radius 2 is 1.90 bits per heavy atom. The number of ether oxygens (including phenoxy) is 2. The average Bonchev–Trinajstić information content (AvgIpc) is 3.63. The van der Waals surface area contributed by atoms with E-state index in [0.29, 0.717) is 19.4 Å². The standard InChI is InChI=1S/C31H46N6O9S2/c1-20-15-37(21(2)18-38)31(39)26-14-25(34-47(40,41)30-23(4)33-46-24(30)5)11-12-27(26)45-22(3)10-8-9-13-44-28(20)16-36(7)48(42,43)29-17-35(6)19-32-29/h11-12,14,17,19-22,28,34,38H,8-10,13,15-16,18H2,1-7H3/t20-,21-,22+,28+/m0/s1. The summed E-state index contributed by atoms with van der Waals surface area (Å²) < 4.78 is 76.0. The maximum Gasteiger partial charge on any atom is 0.267 e. The third-order valence-corrected chi connectivity index (χ3v) is 11.7. The van der Waals surface area contributed by atoms with Crippen LogP contribution in [-0.2, 0) is 31.8 Å². The third kappa shape index (κ3) is 8.55. The largest absolute Gasteiger partial charge is 0.490 e. The number of rotatable bonds is 9. The number of aromatic nitrogens is 3. The molecule has 0 saturated heterocycles. The maximum atomic E-state index is 14.4. The van der Waals surface area contributed by atoms with Crippen molar-refractivity contribution in [2.75, 3.05) is 38.1 Å². The molecule has 0 fully saturated rings. The van der Waals surface area contributed by atoms with Gasteiger partial charge in [-0.3, -0.25) is 9.52 Å². The number of carbonyl (C=O) groups is 1. The minimum atomic E-state index is -4.12. The van der Waals surface area contributed by atoms with E-state index in [1.54, 1.807) is 24.6 Å². The van der Waals surface area contributed by atoms with Gasteiger partial charge in [0.25, 0.3) is 26.0 Å². The predicted molar refractivity (Wildman–Crippen MR) is 177 cm³/mol. The van der Waals surface area contributed by atoms with E-state index in [4.69, 9.17) is 14.0 Å². The second-order valence-electron chi connectivity index (χ2n) is 12.4. The number of hydrogen-bond acceptors (Lipinski definition) is 11. The van der Waals surface area contributed by atoms with Crippen molar-refractivity contribution in [3.8, 4) is 5.75 Å². The fraction of sp³-hybridized carbons (Fsp3) is 0.581. The second kappa shape index (κ2) is 15.4. The van der Waals surface area contributed by atoms with E-state index < -0.39 is 44.0 Å². The highest BCUT2D eigenvalue weighted by molar-refractivity contribution is 7.92. The molecule has 0 bridgehead atoms. The second-order valence-corrected chi connectivity index (χ2v) is 16.0. The SMILES string of the molecule is Cc1noc(C)c1S(=O)(=O)Nc1ccc2c(c1)C(=O)N([C@@H](C)CO)C[C@H](C)[C@@H](CN(C)S(=O)(=O)c1cn(C)cn1)OCCCC[C@@H](C)O2. The summed E-state index contributed by atoms with van der Waals surface area (Å²) in [6, 6.07) is 3.82. The molecule has 1 aliphatic rings. The molecule has 1 aromatic carbocycles. The first-order valence-electron chi connectivity index (χ1n) is 15.8. The first-order chi connectivity index (χ1) is 22.5. The molecule has 1 aliphatic heterocycles. The number of nitrogens with zero attached hydrogens (tertiary/aromatic N) is 5. The van der Waals surface area contributed by atoms with Crippen LogP contribution in [0, 0.1) is 19.8 Å². The summed E-state index contributed by atoms with van der Waals surface area (Å²) in [4.78, 5) is 19.8. The quantitative estimate of drug-likeness (QED) is 0.333. The molecule has 1 amide bonds. The van der Waals surface area contributed by atoms with Crippen molar-refractivity contribution < 1.29 is 40.7 Å². The van der Waals surface area contributed by atoms with Gasteiger partial charge in [-0.25, -0.2) is 21.8 Å². The number of aryl methyl sites for hydroxylation is 3. The van der Waals surface area contributed by atoms with Crippen molar-refractivity contribution >= 4 is 31.6 Å². The third-order valence-electron chi connectivity index (χ3n) is 8.33. The van der Waals surface area contributed by atoms with E-state index in [1.807, 2.05) is 13.8 Å². The zero-order chi connectivity index (χ0) is 35.4. The van der Waals surface area contributed by atoms with Crippen LogP contribution in [0.5, 0.6) is 5.75 Å². The molecule has 2 aromatic heterocycles. The molecule has 0 aliphatic carbocycles. The number of fused-ring (bicyclic) bond motifs is 1. The Kier molecular flexibility index (Phi) is 11.9. The molecule has 0 radical (unpaired) electrons. The molecule has 0 spiro atoms. The Morgan fingerprint density at radius 1 is 1.17 bits per heavy atom. The van der Waals surface area contributed by atoms with Gasteiger partial charge in [0.2, 0.25) is 0 Å². The van der Waals surface area contributed by atoms with Crippen molar-refractivity contribution in [3.05, 3.63) is 47.7 Å². The number of sulfonamides is 2. The van der Waals surface area contributed by atoms with E-state index in [0.717, 1.165) is 6.42 Å². The molecule has 0 saturated carbocycles. The molecule has 2 N–H and O–H groups in total. The highest BCUT2D eigenvalue weighted by Gasteiger charge is 2.33. The first kappa shape index (κ1) is 37.3. The number of carbonyl (C=O) groups excluding carboxylic acids is 1. The van der Waals surface area contributed by atoms with Crippen molar-refractivity contribution in [1.29, 1.82) is 0 Å². The number of imidazole rings is 1. The van der Waals surface area contributed by atoms with Gasteiger partial charge in [0, 0.05) is 51.6 Å². The van der Waals surface area contributed by atoms with Crippen LogP contribution < -0.4 is 9.46 Å². The van der Waals surface area contributed by atoms with Gasteiger partial charge in [0.15, 0.2) is 15.7 Å². The lowest BCUT2D eigenvalue weighted by Gasteiger charge is -2.35. The molecule has 266 valence electrons. The van der Waals surface area contributed by atoms with Crippen LogP contribution in [-0.4, -0.2) is 103 Å². The van der Waals surface area contributed by atoms with E-state index >= 15 is 0 Å². The predicted octanol–water partition coefficient (Wildman–Crippen LogP) is 2.94. The lowest BCUT2D eigenvalue weighted by atomic mass is 10.0. The van der Waals surface area contributed by atoms with Crippen LogP contribution in [0.1, 0.15) is 61.8 Å². The van der Waals surface area contributed by atoms with Crippen LogP contribution in [0.25, 0.3) is 0 Å². The maximum absolute atomic E-state index is 14.4. The molecule has 48 heavy (non-hydrogen) atoms. The first-order valence-corrected chi connectivity index (χ1v) is 18.7. The highest BCUT2D eigenvalue weighted by atomic mass is 32.2. The van der Waals surface area contributed by atoms with Crippen molar-refractivity contribution in [3.63, 3.8) is 0 Å². The lowest BCUT2D eigenvalue weighted by molar-refractivity contribution is -0.00835. The number of hydrogen-bond donors (Lipinski definition) is 2. The van der Waals surface area contributed by atoms with Crippen LogP contribution in [0.15, 0.2) is 45.2 Å². The number of amides is 1. The normalized spacial score (nSPS) is 21.0. The highest BCUT2D eigenvalue weighted by Crippen LogP contribution is 2.30. The summed E-state index contributed by atoms with van der Waals surface area (Å²) >= 11 is 0. The van der Waals surface area contributed by atoms with Crippen LogP contribution in [0.2, 0.25) is 0 Å². The topological polar surface area (TPSA) is 186 Å². The summed E-state index contributed by atoms with van der Waals surface area (Å²) in [5.74, 6) is -0.508. The Bertz CT molecular complexity index is 1770. The van der Waals surface area contributed by atoms with E-state index in [2.05, 4.69) is 14.9 Å². The molecule has 4 atom stereocenters. The van der Waals surface area contributed by atoms with E-state index in [9.17, 15) is 26.7 Å². The fourth-order valence-electron chi connectivity index (χ4n) is 5.55. The Labute approximate surface area is 282 Å². The summed E-state index contributed by atoms with van der Waals surface area (Å²) in [7, 11) is -4.89. The zero-order valence-electron chi connectivity index (χ0n) is 28.4. The summed E-state index contributed by atoms with van der Waals surface area (Å²) in [6.45, 7) is 8.54. The number of aliphatic hydroxyl groups excluding tert-OH is 1. The van der Waals surface area contributed by atoms with Gasteiger partial charge in [-0.2, -0.15) is 4.31 Å². The Hall–Kier alpha value is -3.51. The summed E-state index contributed by atoms with van der Waals surface area (Å²) in [5, 5.41) is 13.9. The lowest BCUT2D eigenvalue weighted by Crippen LogP contribution is -2.48. The molecule has 17 heteroatoms. The number of anilines is 1. The number of benzene rings is 1. The van der Waals surface area contributed by atoms with Crippen molar-refractivity contribution in [2.45, 2.75) is 82.1 Å². The molecule has 4 rings (SSSR count). The average molecular weight is 711 g/mol. The minimum Gasteiger partial charge on any atom is -0.490 e. The van der Waals surface area contributed by atoms with E-state index in [-0.39, 0.29) is 64.2 Å². The van der Waals surface area contributed by atoms with E-state index in [1.165, 1.54) is 54.8 Å². The molecule has 15 nitrogen and oxygen atoms in total. The van der Waals surface area contributed by atoms with Gasteiger partial charge in [-0.1, -0.05) is 12.1 Å². The van der Waals surface area contributed by atoms with Crippen molar-refractivity contribution in [1.82, 2.24) is 23.9 Å². The van der Waals surface area contributed by atoms with Gasteiger partial charge in [0.1, 0.15) is 11.4 Å². The van der Waals surface area contributed by atoms with Gasteiger partial charge < -0.3 is 28.6 Å². The zero-order valence-corrected chi connectivity index (χ0v) is 30.0.